The van der Waals surface area contributed by atoms with Crippen LogP contribution in [0, 0.1) is 10.1 Å². The maximum absolute atomic E-state index is 11.8. The highest BCUT2D eigenvalue weighted by Gasteiger charge is 2.16. The van der Waals surface area contributed by atoms with Crippen molar-refractivity contribution in [3.63, 3.8) is 0 Å². The second-order valence-electron chi connectivity index (χ2n) is 4.78. The molecule has 0 fully saturated rings. The largest absolute Gasteiger partial charge is 0.496 e. The number of carbonyl (C=O) groups is 1. The van der Waals surface area contributed by atoms with E-state index in [1.165, 1.54) is 18.3 Å². The average molecular weight is 331 g/mol. The summed E-state index contributed by atoms with van der Waals surface area (Å²) >= 11 is 0. The maximum Gasteiger partial charge on any atom is 0.406 e. The minimum Gasteiger partial charge on any atom is -0.496 e. The zero-order chi connectivity index (χ0) is 17.4. The van der Waals surface area contributed by atoms with Crippen molar-refractivity contribution < 1.29 is 19.2 Å². The van der Waals surface area contributed by atoms with Gasteiger partial charge >= 0.3 is 5.82 Å². The molecule has 0 saturated carbocycles. The van der Waals surface area contributed by atoms with E-state index < -0.39 is 10.7 Å². The van der Waals surface area contributed by atoms with Crippen LogP contribution in [0.4, 0.5) is 5.82 Å². The van der Waals surface area contributed by atoms with Crippen LogP contribution in [0.25, 0.3) is 0 Å². The van der Waals surface area contributed by atoms with Gasteiger partial charge in [-0.2, -0.15) is 0 Å². The number of aromatic nitrogens is 1. The summed E-state index contributed by atoms with van der Waals surface area (Å²) in [5, 5.41) is 13.5. The Hall–Kier alpha value is -3.16. The van der Waals surface area contributed by atoms with Crippen LogP contribution in [0.5, 0.6) is 11.5 Å². The third-order valence-corrected chi connectivity index (χ3v) is 3.19. The molecule has 0 unspecified atom stereocenters. The van der Waals surface area contributed by atoms with Crippen molar-refractivity contribution >= 4 is 11.7 Å². The standard InChI is InChI=1S/C16H17N3O5/c1-23-13-6-3-2-5-12(13)8-10-17-15(20)11-24-14-7-4-9-18-16(14)19(21)22/h2-7,9H,8,10-11H2,1H3,(H,17,20). The van der Waals surface area contributed by atoms with Crippen molar-refractivity contribution in [2.45, 2.75) is 6.42 Å². The molecular weight excluding hydrogens is 314 g/mol. The highest BCUT2D eigenvalue weighted by Crippen LogP contribution is 2.22. The Bertz CT molecular complexity index is 720. The molecule has 126 valence electrons. The normalized spacial score (nSPS) is 10.0. The fraction of sp³-hybridized carbons (Fsp3) is 0.250. The Kier molecular flexibility index (Phi) is 6.07. The van der Waals surface area contributed by atoms with E-state index in [-0.39, 0.29) is 18.3 Å². The molecule has 2 aromatic rings. The fourth-order valence-corrected chi connectivity index (χ4v) is 2.07. The molecule has 1 amide bonds. The van der Waals surface area contributed by atoms with Gasteiger partial charge in [0.25, 0.3) is 5.91 Å². The van der Waals surface area contributed by atoms with E-state index in [1.807, 2.05) is 24.3 Å². The van der Waals surface area contributed by atoms with Crippen LogP contribution < -0.4 is 14.8 Å². The van der Waals surface area contributed by atoms with Crippen molar-refractivity contribution in [2.24, 2.45) is 0 Å². The number of nitrogens with zero attached hydrogens (tertiary/aromatic N) is 2. The number of pyridine rings is 1. The summed E-state index contributed by atoms with van der Waals surface area (Å²) < 4.78 is 10.4. The van der Waals surface area contributed by atoms with E-state index in [9.17, 15) is 14.9 Å². The van der Waals surface area contributed by atoms with E-state index in [0.717, 1.165) is 11.3 Å². The van der Waals surface area contributed by atoms with Crippen molar-refractivity contribution in [1.29, 1.82) is 0 Å². The quantitative estimate of drug-likeness (QED) is 0.583. The molecule has 0 aliphatic rings. The summed E-state index contributed by atoms with van der Waals surface area (Å²) in [4.78, 5) is 25.5. The van der Waals surface area contributed by atoms with Gasteiger partial charge in [-0.3, -0.25) is 4.79 Å². The molecule has 0 atom stereocenters. The van der Waals surface area contributed by atoms with Crippen LogP contribution >= 0.6 is 0 Å². The lowest BCUT2D eigenvalue weighted by atomic mass is 10.1. The molecule has 0 spiro atoms. The molecule has 1 aromatic carbocycles. The van der Waals surface area contributed by atoms with Gasteiger partial charge in [-0.1, -0.05) is 18.2 Å². The third-order valence-electron chi connectivity index (χ3n) is 3.19. The van der Waals surface area contributed by atoms with Crippen LogP contribution in [0.15, 0.2) is 42.6 Å². The number of nitrogens with one attached hydrogen (secondary N) is 1. The second kappa shape index (κ2) is 8.47. The van der Waals surface area contributed by atoms with E-state index in [0.29, 0.717) is 13.0 Å². The number of para-hydroxylation sites is 1. The molecule has 0 aliphatic heterocycles. The summed E-state index contributed by atoms with van der Waals surface area (Å²) in [6, 6.07) is 10.4. The van der Waals surface area contributed by atoms with E-state index in [2.05, 4.69) is 10.3 Å². The Morgan fingerprint density at radius 3 is 2.75 bits per heavy atom. The number of methoxy groups -OCH3 is 1. The number of amides is 1. The molecule has 2 rings (SSSR count). The van der Waals surface area contributed by atoms with Crippen molar-refractivity contribution in [3.05, 3.63) is 58.3 Å². The van der Waals surface area contributed by atoms with E-state index in [4.69, 9.17) is 9.47 Å². The first-order valence-electron chi connectivity index (χ1n) is 7.22. The first kappa shape index (κ1) is 17.2. The van der Waals surface area contributed by atoms with Gasteiger partial charge in [0.2, 0.25) is 5.75 Å². The zero-order valence-corrected chi connectivity index (χ0v) is 13.1. The molecule has 0 radical (unpaired) electrons. The van der Waals surface area contributed by atoms with Crippen LogP contribution in [0.1, 0.15) is 5.56 Å². The lowest BCUT2D eigenvalue weighted by molar-refractivity contribution is -0.390. The number of hydrogen-bond acceptors (Lipinski definition) is 6. The van der Waals surface area contributed by atoms with Gasteiger partial charge in [-0.15, -0.1) is 0 Å². The lowest BCUT2D eigenvalue weighted by Crippen LogP contribution is -2.30. The monoisotopic (exact) mass is 331 g/mol. The van der Waals surface area contributed by atoms with Crippen molar-refractivity contribution in [1.82, 2.24) is 10.3 Å². The number of rotatable bonds is 8. The number of nitro groups is 1. The van der Waals surface area contributed by atoms with Crippen LogP contribution in [0.2, 0.25) is 0 Å². The Morgan fingerprint density at radius 2 is 2.00 bits per heavy atom. The number of hydrogen-bond donors (Lipinski definition) is 1. The first-order chi connectivity index (χ1) is 11.6. The second-order valence-corrected chi connectivity index (χ2v) is 4.78. The SMILES string of the molecule is COc1ccccc1CCNC(=O)COc1cccnc1[N+](=O)[O-]. The van der Waals surface area contributed by atoms with Crippen molar-refractivity contribution in [3.8, 4) is 11.5 Å². The summed E-state index contributed by atoms with van der Waals surface area (Å²) in [6.45, 7) is 0.0795. The van der Waals surface area contributed by atoms with Gasteiger partial charge in [-0.05, 0) is 40.1 Å². The molecular formula is C16H17N3O5. The average Bonchev–Trinajstić information content (AvgIpc) is 2.60. The molecule has 0 bridgehead atoms. The zero-order valence-electron chi connectivity index (χ0n) is 13.1. The number of ether oxygens (including phenoxy) is 2. The molecule has 8 heteroatoms. The minimum atomic E-state index is -0.658. The van der Waals surface area contributed by atoms with Gasteiger partial charge in [0.05, 0.1) is 7.11 Å². The van der Waals surface area contributed by atoms with Gasteiger partial charge in [-0.25, -0.2) is 0 Å². The van der Waals surface area contributed by atoms with E-state index in [1.54, 1.807) is 7.11 Å². The predicted molar refractivity (Wildman–Crippen MR) is 86.1 cm³/mol. The minimum absolute atomic E-state index is 0.0395. The Labute approximate surface area is 138 Å². The first-order valence-corrected chi connectivity index (χ1v) is 7.22. The smallest absolute Gasteiger partial charge is 0.406 e. The Balaban J connectivity index is 1.81. The molecule has 1 heterocycles. The molecule has 0 aliphatic carbocycles. The van der Waals surface area contributed by atoms with Crippen LogP contribution in [-0.4, -0.2) is 36.1 Å². The van der Waals surface area contributed by atoms with Crippen LogP contribution in [0.3, 0.4) is 0 Å². The van der Waals surface area contributed by atoms with Gasteiger partial charge in [0.1, 0.15) is 11.9 Å². The summed E-state index contributed by atoms with van der Waals surface area (Å²) in [5.41, 5.74) is 0.976. The number of carbonyl (C=O) groups excluding carboxylic acids is 1. The van der Waals surface area contributed by atoms with Crippen LogP contribution in [-0.2, 0) is 11.2 Å². The third kappa shape index (κ3) is 4.67. The van der Waals surface area contributed by atoms with Crippen molar-refractivity contribution in [2.75, 3.05) is 20.3 Å². The van der Waals surface area contributed by atoms with E-state index >= 15 is 0 Å². The fourth-order valence-electron chi connectivity index (χ4n) is 2.07. The summed E-state index contributed by atoms with van der Waals surface area (Å²) in [6.07, 6.45) is 1.89. The lowest BCUT2D eigenvalue weighted by Gasteiger charge is -2.09. The molecule has 24 heavy (non-hydrogen) atoms. The highest BCUT2D eigenvalue weighted by atomic mass is 16.6. The van der Waals surface area contributed by atoms with Gasteiger partial charge in [0.15, 0.2) is 6.61 Å². The molecule has 1 aromatic heterocycles. The van der Waals surface area contributed by atoms with Gasteiger partial charge in [0, 0.05) is 6.54 Å². The maximum atomic E-state index is 11.8. The molecule has 8 nitrogen and oxygen atoms in total. The highest BCUT2D eigenvalue weighted by molar-refractivity contribution is 5.77. The molecule has 1 N–H and O–H groups in total. The summed E-state index contributed by atoms with van der Waals surface area (Å²) in [5.74, 6) is -0.0706. The molecule has 0 saturated heterocycles. The number of benzene rings is 1. The van der Waals surface area contributed by atoms with Gasteiger partial charge < -0.3 is 24.9 Å². The topological polar surface area (TPSA) is 104 Å². The Morgan fingerprint density at radius 1 is 1.25 bits per heavy atom. The summed E-state index contributed by atoms with van der Waals surface area (Å²) in [7, 11) is 1.59. The predicted octanol–water partition coefficient (Wildman–Crippen LogP) is 1.74.